The first-order valence-corrected chi connectivity index (χ1v) is 11.9. The normalized spacial score (nSPS) is 10.6. The minimum absolute atomic E-state index is 0.156. The third-order valence-electron chi connectivity index (χ3n) is 5.18. The molecule has 0 aliphatic heterocycles. The lowest BCUT2D eigenvalue weighted by Crippen LogP contribution is -2.30. The van der Waals surface area contributed by atoms with Crippen molar-refractivity contribution in [1.29, 1.82) is 0 Å². The largest absolute Gasteiger partial charge is 0.465 e. The number of hydrogen-bond acceptors (Lipinski definition) is 6. The van der Waals surface area contributed by atoms with Crippen LogP contribution in [0, 0.1) is 12.7 Å². The van der Waals surface area contributed by atoms with Crippen LogP contribution in [0.4, 0.5) is 15.2 Å². The first-order chi connectivity index (χ1) is 16.3. The number of carbonyl (C=O) groups is 2. The van der Waals surface area contributed by atoms with E-state index in [0.717, 1.165) is 11.3 Å². The number of halogens is 1. The van der Waals surface area contributed by atoms with Crippen LogP contribution < -0.4 is 10.6 Å². The smallest absolute Gasteiger partial charge is 0.341 e. The number of carbonyl (C=O) groups excluding carboxylic acids is 2. The van der Waals surface area contributed by atoms with Crippen LogP contribution in [0.1, 0.15) is 45.0 Å². The van der Waals surface area contributed by atoms with E-state index in [1.807, 2.05) is 13.8 Å². The number of amides is 1. The second-order valence-corrected chi connectivity index (χ2v) is 8.73. The highest BCUT2D eigenvalue weighted by Gasteiger charge is 2.27. The van der Waals surface area contributed by atoms with E-state index in [9.17, 15) is 14.0 Å². The van der Waals surface area contributed by atoms with Crippen LogP contribution in [0.5, 0.6) is 0 Å². The SMILES string of the molecule is CCN(CC)C(=O)c1sc(NC(=S)Nc2ccn(Cc3ccccc3F)n2)c(C(=O)OC)c1C. The fourth-order valence-corrected chi connectivity index (χ4v) is 4.81. The topological polar surface area (TPSA) is 88.5 Å². The number of ether oxygens (including phenoxy) is 1. The van der Waals surface area contributed by atoms with E-state index in [0.29, 0.717) is 39.9 Å². The Hall–Kier alpha value is -3.31. The van der Waals surface area contributed by atoms with Crippen LogP contribution in [-0.4, -0.2) is 51.9 Å². The van der Waals surface area contributed by atoms with Crippen molar-refractivity contribution in [2.24, 2.45) is 0 Å². The molecule has 3 aromatic rings. The highest BCUT2D eigenvalue weighted by molar-refractivity contribution is 7.80. The lowest BCUT2D eigenvalue weighted by atomic mass is 10.1. The van der Waals surface area contributed by atoms with E-state index < -0.39 is 5.97 Å². The van der Waals surface area contributed by atoms with Gasteiger partial charge in [0.2, 0.25) is 0 Å². The van der Waals surface area contributed by atoms with Gasteiger partial charge in [-0.25, -0.2) is 9.18 Å². The second-order valence-electron chi connectivity index (χ2n) is 7.30. The first kappa shape index (κ1) is 25.3. The summed E-state index contributed by atoms with van der Waals surface area (Å²) < 4.78 is 20.4. The summed E-state index contributed by atoms with van der Waals surface area (Å²) in [7, 11) is 1.29. The zero-order chi connectivity index (χ0) is 24.8. The van der Waals surface area contributed by atoms with Gasteiger partial charge in [0.05, 0.1) is 24.1 Å². The van der Waals surface area contributed by atoms with Crippen LogP contribution >= 0.6 is 23.6 Å². The van der Waals surface area contributed by atoms with Crippen molar-refractivity contribution in [3.8, 4) is 0 Å². The Morgan fingerprint density at radius 3 is 2.56 bits per heavy atom. The van der Waals surface area contributed by atoms with Gasteiger partial charge >= 0.3 is 5.97 Å². The number of hydrogen-bond donors (Lipinski definition) is 2. The van der Waals surface area contributed by atoms with Gasteiger partial charge in [0, 0.05) is 30.9 Å². The van der Waals surface area contributed by atoms with Gasteiger partial charge in [0.25, 0.3) is 5.91 Å². The van der Waals surface area contributed by atoms with Gasteiger partial charge in [0.15, 0.2) is 10.9 Å². The Bertz CT molecular complexity index is 1200. The maximum atomic E-state index is 13.9. The summed E-state index contributed by atoms with van der Waals surface area (Å²) in [5.74, 6) is -0.576. The number of thiophene rings is 1. The zero-order valence-corrected chi connectivity index (χ0v) is 21.0. The molecule has 0 fully saturated rings. The van der Waals surface area contributed by atoms with Gasteiger partial charge in [-0.3, -0.25) is 9.48 Å². The molecule has 0 aliphatic carbocycles. The minimum Gasteiger partial charge on any atom is -0.465 e. The molecule has 1 aromatic carbocycles. The molecule has 1 amide bonds. The molecule has 11 heteroatoms. The van der Waals surface area contributed by atoms with Crippen molar-refractivity contribution in [3.63, 3.8) is 0 Å². The Morgan fingerprint density at radius 2 is 1.91 bits per heavy atom. The lowest BCUT2D eigenvalue weighted by Gasteiger charge is -2.17. The van der Waals surface area contributed by atoms with E-state index >= 15 is 0 Å². The molecule has 0 atom stereocenters. The average Bonchev–Trinajstić information content (AvgIpc) is 3.38. The van der Waals surface area contributed by atoms with Gasteiger partial charge < -0.3 is 20.3 Å². The van der Waals surface area contributed by atoms with Crippen LogP contribution in [0.15, 0.2) is 36.5 Å². The number of rotatable bonds is 8. The number of thiocarbonyl (C=S) groups is 1. The summed E-state index contributed by atoms with van der Waals surface area (Å²) in [5, 5.41) is 10.9. The first-order valence-electron chi connectivity index (χ1n) is 10.6. The van der Waals surface area contributed by atoms with Gasteiger partial charge in [-0.2, -0.15) is 5.10 Å². The van der Waals surface area contributed by atoms with Crippen LogP contribution in [0.3, 0.4) is 0 Å². The number of anilines is 2. The summed E-state index contributed by atoms with van der Waals surface area (Å²) in [6.07, 6.45) is 1.70. The minimum atomic E-state index is -0.563. The van der Waals surface area contributed by atoms with Crippen molar-refractivity contribution in [2.75, 3.05) is 30.8 Å². The number of nitrogens with one attached hydrogen (secondary N) is 2. The fourth-order valence-electron chi connectivity index (χ4n) is 3.38. The van der Waals surface area contributed by atoms with Gasteiger partial charge in [0.1, 0.15) is 10.8 Å². The van der Waals surface area contributed by atoms with E-state index in [2.05, 4.69) is 15.7 Å². The van der Waals surface area contributed by atoms with E-state index in [4.69, 9.17) is 17.0 Å². The van der Waals surface area contributed by atoms with Crippen molar-refractivity contribution >= 4 is 51.4 Å². The van der Waals surface area contributed by atoms with E-state index in [-0.39, 0.29) is 28.9 Å². The molecule has 0 saturated carbocycles. The molecule has 2 aromatic heterocycles. The maximum Gasteiger partial charge on any atom is 0.341 e. The number of nitrogens with zero attached hydrogens (tertiary/aromatic N) is 3. The van der Waals surface area contributed by atoms with E-state index in [1.165, 1.54) is 13.2 Å². The molecule has 3 rings (SSSR count). The van der Waals surface area contributed by atoms with Gasteiger partial charge in [-0.05, 0) is 44.6 Å². The van der Waals surface area contributed by atoms with Gasteiger partial charge in [-0.15, -0.1) is 11.3 Å². The second kappa shape index (κ2) is 11.2. The predicted octanol–water partition coefficient (Wildman–Crippen LogP) is 4.52. The van der Waals surface area contributed by atoms with Crippen molar-refractivity contribution in [2.45, 2.75) is 27.3 Å². The third-order valence-corrected chi connectivity index (χ3v) is 6.58. The molecule has 2 N–H and O–H groups in total. The quantitative estimate of drug-likeness (QED) is 0.345. The molecule has 0 saturated heterocycles. The van der Waals surface area contributed by atoms with Crippen molar-refractivity contribution in [1.82, 2.24) is 14.7 Å². The number of methoxy groups -OCH3 is 1. The predicted molar refractivity (Wildman–Crippen MR) is 135 cm³/mol. The monoisotopic (exact) mass is 503 g/mol. The summed E-state index contributed by atoms with van der Waals surface area (Å²) in [5.41, 5.74) is 1.31. The van der Waals surface area contributed by atoms with E-state index in [1.54, 1.807) is 47.0 Å². The molecular weight excluding hydrogens is 477 g/mol. The van der Waals surface area contributed by atoms with Crippen LogP contribution in [0.2, 0.25) is 0 Å². The maximum absolute atomic E-state index is 13.9. The molecule has 2 heterocycles. The van der Waals surface area contributed by atoms with Crippen molar-refractivity contribution in [3.05, 3.63) is 63.9 Å². The highest BCUT2D eigenvalue weighted by Crippen LogP contribution is 2.34. The number of benzene rings is 1. The van der Waals surface area contributed by atoms with Crippen molar-refractivity contribution < 1.29 is 18.7 Å². The molecule has 34 heavy (non-hydrogen) atoms. The molecule has 180 valence electrons. The Labute approximate surface area is 206 Å². The number of esters is 1. The lowest BCUT2D eigenvalue weighted by molar-refractivity contribution is 0.0601. The molecule has 0 aliphatic rings. The van der Waals surface area contributed by atoms with Gasteiger partial charge in [-0.1, -0.05) is 18.2 Å². The molecule has 0 unspecified atom stereocenters. The van der Waals surface area contributed by atoms with Crippen LogP contribution in [0.25, 0.3) is 0 Å². The summed E-state index contributed by atoms with van der Waals surface area (Å²) >= 11 is 6.55. The highest BCUT2D eigenvalue weighted by atomic mass is 32.1. The van der Waals surface area contributed by atoms with Crippen LogP contribution in [-0.2, 0) is 11.3 Å². The summed E-state index contributed by atoms with van der Waals surface area (Å²) in [6, 6.07) is 8.19. The molecule has 0 radical (unpaired) electrons. The molecular formula is C23H26FN5O3S2. The summed E-state index contributed by atoms with van der Waals surface area (Å²) in [6.45, 7) is 6.88. The Morgan fingerprint density at radius 1 is 1.21 bits per heavy atom. The third kappa shape index (κ3) is 5.60. The average molecular weight is 504 g/mol. The fraction of sp³-hybridized carbons (Fsp3) is 0.304. The Kier molecular flexibility index (Phi) is 8.35. The summed E-state index contributed by atoms with van der Waals surface area (Å²) in [4.78, 5) is 27.5. The molecule has 0 spiro atoms. The molecule has 0 bridgehead atoms. The zero-order valence-electron chi connectivity index (χ0n) is 19.3. The number of aromatic nitrogens is 2. The molecule has 8 nitrogen and oxygen atoms in total. The Balaban J connectivity index is 1.77. The standard InChI is InChI=1S/C23H26FN5O3S2/c1-5-28(6-2)21(30)19-14(3)18(22(31)32-4)20(34-19)26-23(33)25-17-11-12-29(27-17)13-15-9-7-8-10-16(15)24/h7-12H,5-6,13H2,1-4H3,(H2,25,26,27,33).